The van der Waals surface area contributed by atoms with E-state index >= 15 is 0 Å². The SMILES string of the molecule is COC(CN1CCCC1)c1ccc(-c2ccnc(C)c2C=C(C)C)cc1. The first-order valence-corrected chi connectivity index (χ1v) is 9.54. The number of methoxy groups -OCH3 is 1. The molecule has 26 heavy (non-hydrogen) atoms. The Kier molecular flexibility index (Phi) is 6.23. The van der Waals surface area contributed by atoms with E-state index in [-0.39, 0.29) is 6.10 Å². The molecule has 0 N–H and O–H groups in total. The lowest BCUT2D eigenvalue weighted by atomic mass is 9.96. The number of rotatable bonds is 6. The summed E-state index contributed by atoms with van der Waals surface area (Å²) in [6.45, 7) is 9.69. The highest BCUT2D eigenvalue weighted by atomic mass is 16.5. The van der Waals surface area contributed by atoms with Crippen LogP contribution < -0.4 is 0 Å². The van der Waals surface area contributed by atoms with Crippen molar-refractivity contribution in [1.29, 1.82) is 0 Å². The standard InChI is InChI=1S/C23H30N2O/c1-17(2)15-22-18(3)24-12-11-21(22)19-7-9-20(10-8-19)23(26-4)16-25-13-5-6-14-25/h7-12,15,23H,5-6,13-14,16H2,1-4H3. The number of aryl methyl sites for hydroxylation is 1. The average Bonchev–Trinajstić information content (AvgIpc) is 3.14. The number of likely N-dealkylation sites (tertiary alicyclic amines) is 1. The molecule has 0 radical (unpaired) electrons. The van der Waals surface area contributed by atoms with Gasteiger partial charge in [-0.05, 0) is 69.5 Å². The van der Waals surface area contributed by atoms with E-state index in [1.54, 1.807) is 0 Å². The van der Waals surface area contributed by atoms with E-state index < -0.39 is 0 Å². The summed E-state index contributed by atoms with van der Waals surface area (Å²) in [4.78, 5) is 6.97. The summed E-state index contributed by atoms with van der Waals surface area (Å²) in [6, 6.07) is 10.9. The second-order valence-corrected chi connectivity index (χ2v) is 7.43. The predicted molar refractivity (Wildman–Crippen MR) is 109 cm³/mol. The lowest BCUT2D eigenvalue weighted by molar-refractivity contribution is 0.0711. The Labute approximate surface area is 157 Å². The molecular weight excluding hydrogens is 320 g/mol. The van der Waals surface area contributed by atoms with Gasteiger partial charge in [-0.3, -0.25) is 4.98 Å². The molecule has 1 aromatic carbocycles. The molecule has 1 saturated heterocycles. The Morgan fingerprint density at radius 1 is 1.15 bits per heavy atom. The maximum absolute atomic E-state index is 5.78. The number of hydrogen-bond donors (Lipinski definition) is 0. The van der Waals surface area contributed by atoms with Gasteiger partial charge in [0.05, 0.1) is 6.10 Å². The second kappa shape index (κ2) is 8.61. The molecule has 3 nitrogen and oxygen atoms in total. The molecule has 1 aliphatic rings. The third-order valence-electron chi connectivity index (χ3n) is 5.12. The third kappa shape index (κ3) is 4.40. The molecule has 0 saturated carbocycles. The van der Waals surface area contributed by atoms with E-state index in [0.29, 0.717) is 0 Å². The van der Waals surface area contributed by atoms with Crippen LogP contribution in [-0.2, 0) is 4.74 Å². The fourth-order valence-corrected chi connectivity index (χ4v) is 3.69. The van der Waals surface area contributed by atoms with Crippen LogP contribution in [-0.4, -0.2) is 36.6 Å². The first-order chi connectivity index (χ1) is 12.6. The molecule has 138 valence electrons. The Morgan fingerprint density at radius 3 is 2.46 bits per heavy atom. The molecule has 2 heterocycles. The highest BCUT2D eigenvalue weighted by molar-refractivity contribution is 5.76. The van der Waals surface area contributed by atoms with Gasteiger partial charge in [-0.15, -0.1) is 0 Å². The van der Waals surface area contributed by atoms with Crippen LogP contribution in [0.2, 0.25) is 0 Å². The van der Waals surface area contributed by atoms with E-state index in [4.69, 9.17) is 4.74 Å². The molecule has 0 amide bonds. The van der Waals surface area contributed by atoms with Crippen molar-refractivity contribution in [2.75, 3.05) is 26.7 Å². The minimum absolute atomic E-state index is 0.138. The van der Waals surface area contributed by atoms with Gasteiger partial charge < -0.3 is 9.64 Å². The topological polar surface area (TPSA) is 25.4 Å². The molecule has 1 atom stereocenters. The molecule has 2 aromatic rings. The summed E-state index contributed by atoms with van der Waals surface area (Å²) in [5, 5.41) is 0. The summed E-state index contributed by atoms with van der Waals surface area (Å²) in [6.07, 6.45) is 6.87. The number of hydrogen-bond acceptors (Lipinski definition) is 3. The normalized spacial score (nSPS) is 15.8. The van der Waals surface area contributed by atoms with Gasteiger partial charge in [-0.1, -0.05) is 35.9 Å². The van der Waals surface area contributed by atoms with Crippen molar-refractivity contribution in [2.24, 2.45) is 0 Å². The highest BCUT2D eigenvalue weighted by Crippen LogP contribution is 2.29. The van der Waals surface area contributed by atoms with Gasteiger partial charge in [0.25, 0.3) is 0 Å². The first-order valence-electron chi connectivity index (χ1n) is 9.54. The summed E-state index contributed by atoms with van der Waals surface area (Å²) >= 11 is 0. The second-order valence-electron chi connectivity index (χ2n) is 7.43. The number of aromatic nitrogens is 1. The minimum atomic E-state index is 0.138. The highest BCUT2D eigenvalue weighted by Gasteiger charge is 2.18. The Hall–Kier alpha value is -1.97. The molecule has 3 heteroatoms. The van der Waals surface area contributed by atoms with Gasteiger partial charge in [0.15, 0.2) is 0 Å². The summed E-state index contributed by atoms with van der Waals surface area (Å²) in [5.41, 5.74) is 7.26. The van der Waals surface area contributed by atoms with Gasteiger partial charge in [-0.2, -0.15) is 0 Å². The fourth-order valence-electron chi connectivity index (χ4n) is 3.69. The Bertz CT molecular complexity index is 754. The van der Waals surface area contributed by atoms with E-state index in [1.807, 2.05) is 13.3 Å². The molecule has 1 aromatic heterocycles. The number of ether oxygens (including phenoxy) is 1. The van der Waals surface area contributed by atoms with Gasteiger partial charge in [0.1, 0.15) is 0 Å². The van der Waals surface area contributed by atoms with Crippen molar-refractivity contribution < 1.29 is 4.74 Å². The smallest absolute Gasteiger partial charge is 0.0947 e. The zero-order valence-electron chi connectivity index (χ0n) is 16.5. The van der Waals surface area contributed by atoms with Crippen LogP contribution in [0, 0.1) is 6.92 Å². The average molecular weight is 351 g/mol. The van der Waals surface area contributed by atoms with E-state index in [1.165, 1.54) is 53.8 Å². The monoisotopic (exact) mass is 350 g/mol. The minimum Gasteiger partial charge on any atom is -0.375 e. The Morgan fingerprint density at radius 2 is 1.85 bits per heavy atom. The van der Waals surface area contributed by atoms with Crippen LogP contribution in [0.25, 0.3) is 17.2 Å². The van der Waals surface area contributed by atoms with Crippen LogP contribution in [0.3, 0.4) is 0 Å². The number of benzene rings is 1. The number of allylic oxidation sites excluding steroid dienone is 1. The van der Waals surface area contributed by atoms with Crippen LogP contribution in [0.4, 0.5) is 0 Å². The van der Waals surface area contributed by atoms with Crippen molar-refractivity contribution in [2.45, 2.75) is 39.7 Å². The predicted octanol–water partition coefficient (Wildman–Crippen LogP) is 5.26. The van der Waals surface area contributed by atoms with Gasteiger partial charge >= 0.3 is 0 Å². The summed E-state index contributed by atoms with van der Waals surface area (Å²) in [5.74, 6) is 0. The van der Waals surface area contributed by atoms with Crippen molar-refractivity contribution >= 4 is 6.08 Å². The molecule has 0 spiro atoms. The van der Waals surface area contributed by atoms with Crippen LogP contribution in [0.1, 0.15) is 49.6 Å². The maximum Gasteiger partial charge on any atom is 0.0947 e. The maximum atomic E-state index is 5.78. The van der Waals surface area contributed by atoms with Crippen LogP contribution in [0.15, 0.2) is 42.1 Å². The summed E-state index contributed by atoms with van der Waals surface area (Å²) < 4.78 is 5.78. The van der Waals surface area contributed by atoms with Gasteiger partial charge in [-0.25, -0.2) is 0 Å². The van der Waals surface area contributed by atoms with E-state index in [0.717, 1.165) is 12.2 Å². The lowest BCUT2D eigenvalue weighted by Gasteiger charge is -2.23. The van der Waals surface area contributed by atoms with Crippen molar-refractivity contribution in [3.8, 4) is 11.1 Å². The van der Waals surface area contributed by atoms with Gasteiger partial charge in [0, 0.05) is 31.1 Å². The van der Waals surface area contributed by atoms with Crippen molar-refractivity contribution in [3.63, 3.8) is 0 Å². The molecular formula is C23H30N2O. The summed E-state index contributed by atoms with van der Waals surface area (Å²) in [7, 11) is 1.81. The quantitative estimate of drug-likeness (QED) is 0.710. The molecule has 0 bridgehead atoms. The zero-order valence-corrected chi connectivity index (χ0v) is 16.5. The van der Waals surface area contributed by atoms with Crippen molar-refractivity contribution in [3.05, 3.63) is 58.9 Å². The molecule has 1 fully saturated rings. The van der Waals surface area contributed by atoms with E-state index in [9.17, 15) is 0 Å². The van der Waals surface area contributed by atoms with Gasteiger partial charge in [0.2, 0.25) is 0 Å². The number of pyridine rings is 1. The van der Waals surface area contributed by atoms with Crippen molar-refractivity contribution in [1.82, 2.24) is 9.88 Å². The number of nitrogens with zero attached hydrogens (tertiary/aromatic N) is 2. The molecule has 1 unspecified atom stereocenters. The molecule has 3 rings (SSSR count). The van der Waals surface area contributed by atoms with Crippen LogP contribution >= 0.6 is 0 Å². The lowest BCUT2D eigenvalue weighted by Crippen LogP contribution is -2.26. The largest absolute Gasteiger partial charge is 0.375 e. The molecule has 1 aliphatic heterocycles. The van der Waals surface area contributed by atoms with Crippen LogP contribution in [0.5, 0.6) is 0 Å². The Balaban J connectivity index is 1.85. The molecule has 0 aliphatic carbocycles. The third-order valence-corrected chi connectivity index (χ3v) is 5.12. The fraction of sp³-hybridized carbons (Fsp3) is 0.435. The zero-order chi connectivity index (χ0) is 18.5. The van der Waals surface area contributed by atoms with E-state index in [2.05, 4.69) is 67.1 Å². The first kappa shape index (κ1) is 18.8.